The predicted molar refractivity (Wildman–Crippen MR) is 77.7 cm³/mol. The lowest BCUT2D eigenvalue weighted by atomic mass is 9.78. The van der Waals surface area contributed by atoms with Gasteiger partial charge in [0.2, 0.25) is 5.91 Å². The van der Waals surface area contributed by atoms with Crippen molar-refractivity contribution in [3.05, 3.63) is 29.8 Å². The molecule has 4 nitrogen and oxygen atoms in total. The number of carbonyl (C=O) groups is 2. The molecule has 0 spiro atoms. The molecule has 0 bridgehead atoms. The topological polar surface area (TPSA) is 57.6 Å². The zero-order valence-electron chi connectivity index (χ0n) is 12.0. The number of anilines is 1. The molecule has 2 rings (SSSR count). The average molecular weight is 275 g/mol. The third-order valence-corrected chi connectivity index (χ3v) is 4.12. The number of hydrogen-bond donors (Lipinski definition) is 1. The summed E-state index contributed by atoms with van der Waals surface area (Å²) in [6, 6.07) is 7.70. The molecule has 1 aromatic carbocycles. The van der Waals surface area contributed by atoms with Crippen LogP contribution < -0.4 is 4.90 Å². The molecule has 0 radical (unpaired) electrons. The van der Waals surface area contributed by atoms with Gasteiger partial charge in [-0.25, -0.2) is 0 Å². The molecule has 1 aliphatic carbocycles. The summed E-state index contributed by atoms with van der Waals surface area (Å²) in [7, 11) is 1.73. The molecule has 20 heavy (non-hydrogen) atoms. The van der Waals surface area contributed by atoms with Gasteiger partial charge in [0.1, 0.15) is 0 Å². The largest absolute Gasteiger partial charge is 0.481 e. The normalized spacial score (nSPS) is 22.3. The van der Waals surface area contributed by atoms with Gasteiger partial charge in [0.25, 0.3) is 0 Å². The summed E-state index contributed by atoms with van der Waals surface area (Å²) < 4.78 is 0. The number of nitrogens with zero attached hydrogens (tertiary/aromatic N) is 1. The van der Waals surface area contributed by atoms with Crippen molar-refractivity contribution in [2.45, 2.75) is 32.6 Å². The molecule has 1 saturated carbocycles. The molecule has 4 heteroatoms. The Morgan fingerprint density at radius 3 is 2.45 bits per heavy atom. The number of aliphatic carboxylic acids is 1. The van der Waals surface area contributed by atoms with E-state index in [0.717, 1.165) is 24.1 Å². The van der Waals surface area contributed by atoms with Crippen LogP contribution in [0.3, 0.4) is 0 Å². The summed E-state index contributed by atoms with van der Waals surface area (Å²) in [5.41, 5.74) is 1.91. The summed E-state index contributed by atoms with van der Waals surface area (Å²) in [5, 5.41) is 9.28. The van der Waals surface area contributed by atoms with Gasteiger partial charge in [-0.2, -0.15) is 0 Å². The summed E-state index contributed by atoms with van der Waals surface area (Å²) in [6.07, 6.45) is 3.11. The first kappa shape index (κ1) is 14.6. The first-order valence-electron chi connectivity index (χ1n) is 7.07. The average Bonchev–Trinajstić information content (AvgIpc) is 2.45. The maximum absolute atomic E-state index is 12.6. The summed E-state index contributed by atoms with van der Waals surface area (Å²) in [4.78, 5) is 25.5. The van der Waals surface area contributed by atoms with Gasteiger partial charge in [-0.3, -0.25) is 9.59 Å². The van der Waals surface area contributed by atoms with E-state index in [2.05, 4.69) is 0 Å². The van der Waals surface area contributed by atoms with Crippen LogP contribution in [0.15, 0.2) is 24.3 Å². The van der Waals surface area contributed by atoms with E-state index in [-0.39, 0.29) is 5.91 Å². The van der Waals surface area contributed by atoms with Gasteiger partial charge in [0.05, 0.1) is 11.8 Å². The minimum Gasteiger partial charge on any atom is -0.481 e. The van der Waals surface area contributed by atoms with Crippen LogP contribution in [0.5, 0.6) is 0 Å². The molecule has 1 aliphatic rings. The van der Waals surface area contributed by atoms with Crippen LogP contribution in [0.1, 0.15) is 31.2 Å². The fraction of sp³-hybridized carbons (Fsp3) is 0.500. The highest BCUT2D eigenvalue weighted by molar-refractivity contribution is 5.96. The first-order valence-corrected chi connectivity index (χ1v) is 7.07. The second-order valence-corrected chi connectivity index (χ2v) is 5.57. The molecule has 0 aliphatic heterocycles. The van der Waals surface area contributed by atoms with E-state index in [4.69, 9.17) is 0 Å². The van der Waals surface area contributed by atoms with Crippen molar-refractivity contribution in [2.75, 3.05) is 11.9 Å². The molecule has 0 heterocycles. The smallest absolute Gasteiger partial charge is 0.307 e. The molecule has 2 atom stereocenters. The zero-order chi connectivity index (χ0) is 14.7. The van der Waals surface area contributed by atoms with Gasteiger partial charge in [-0.1, -0.05) is 25.0 Å². The molecule has 1 amide bonds. The molecule has 1 N–H and O–H groups in total. The number of benzene rings is 1. The van der Waals surface area contributed by atoms with Crippen molar-refractivity contribution >= 4 is 17.6 Å². The van der Waals surface area contributed by atoms with Crippen LogP contribution in [0.2, 0.25) is 0 Å². The van der Waals surface area contributed by atoms with E-state index in [0.29, 0.717) is 12.8 Å². The standard InChI is InChI=1S/C16H21NO3/c1-11-6-5-7-12(10-11)17(2)15(18)13-8-3-4-9-14(13)16(19)20/h5-7,10,13-14H,3-4,8-9H2,1-2H3,(H,19,20). The highest BCUT2D eigenvalue weighted by atomic mass is 16.4. The van der Waals surface area contributed by atoms with Gasteiger partial charge in [0, 0.05) is 12.7 Å². The van der Waals surface area contributed by atoms with Crippen molar-refractivity contribution in [3.63, 3.8) is 0 Å². The fourth-order valence-corrected chi connectivity index (χ4v) is 2.93. The predicted octanol–water partition coefficient (Wildman–Crippen LogP) is 2.85. The number of carboxylic acid groups (broad SMARTS) is 1. The van der Waals surface area contributed by atoms with Crippen LogP contribution in [-0.4, -0.2) is 24.0 Å². The molecule has 0 aromatic heterocycles. The van der Waals surface area contributed by atoms with Gasteiger partial charge in [0.15, 0.2) is 0 Å². The molecule has 2 unspecified atom stereocenters. The number of aryl methyl sites for hydroxylation is 1. The Kier molecular flexibility index (Phi) is 4.42. The Hall–Kier alpha value is -1.84. The highest BCUT2D eigenvalue weighted by Crippen LogP contribution is 2.32. The third-order valence-electron chi connectivity index (χ3n) is 4.12. The Morgan fingerprint density at radius 1 is 1.20 bits per heavy atom. The maximum Gasteiger partial charge on any atom is 0.307 e. The lowest BCUT2D eigenvalue weighted by Crippen LogP contribution is -2.40. The third kappa shape index (κ3) is 3.00. The van der Waals surface area contributed by atoms with Gasteiger partial charge in [-0.15, -0.1) is 0 Å². The van der Waals surface area contributed by atoms with Crippen LogP contribution in [0.4, 0.5) is 5.69 Å². The van der Waals surface area contributed by atoms with Crippen molar-refractivity contribution in [1.82, 2.24) is 0 Å². The molecular weight excluding hydrogens is 254 g/mol. The summed E-state index contributed by atoms with van der Waals surface area (Å²) in [5.74, 6) is -1.86. The lowest BCUT2D eigenvalue weighted by molar-refractivity contribution is -0.148. The number of carboxylic acids is 1. The maximum atomic E-state index is 12.6. The van der Waals surface area contributed by atoms with Gasteiger partial charge in [-0.05, 0) is 37.5 Å². The number of carbonyl (C=O) groups excluding carboxylic acids is 1. The fourth-order valence-electron chi connectivity index (χ4n) is 2.93. The van der Waals surface area contributed by atoms with Crippen LogP contribution in [-0.2, 0) is 9.59 Å². The summed E-state index contributed by atoms with van der Waals surface area (Å²) >= 11 is 0. The van der Waals surface area contributed by atoms with Crippen LogP contribution >= 0.6 is 0 Å². The second-order valence-electron chi connectivity index (χ2n) is 5.57. The Labute approximate surface area is 119 Å². The molecule has 108 valence electrons. The minimum absolute atomic E-state index is 0.0808. The molecular formula is C16H21NO3. The highest BCUT2D eigenvalue weighted by Gasteiger charge is 2.37. The van der Waals surface area contributed by atoms with Crippen molar-refractivity contribution in [3.8, 4) is 0 Å². The minimum atomic E-state index is -0.847. The van der Waals surface area contributed by atoms with Crippen molar-refractivity contribution in [2.24, 2.45) is 11.8 Å². The number of amides is 1. The monoisotopic (exact) mass is 275 g/mol. The SMILES string of the molecule is Cc1cccc(N(C)C(=O)C2CCCCC2C(=O)O)c1. The molecule has 1 aromatic rings. The second kappa shape index (κ2) is 6.07. The number of rotatable bonds is 3. The molecule has 0 saturated heterocycles. The first-order chi connectivity index (χ1) is 9.50. The van der Waals surface area contributed by atoms with Crippen molar-refractivity contribution in [1.29, 1.82) is 0 Å². The van der Waals surface area contributed by atoms with Crippen molar-refractivity contribution < 1.29 is 14.7 Å². The van der Waals surface area contributed by atoms with E-state index in [1.54, 1.807) is 11.9 Å². The zero-order valence-corrected chi connectivity index (χ0v) is 12.0. The van der Waals surface area contributed by atoms with E-state index in [9.17, 15) is 14.7 Å². The Morgan fingerprint density at radius 2 is 1.85 bits per heavy atom. The quantitative estimate of drug-likeness (QED) is 0.922. The summed E-state index contributed by atoms with van der Waals surface area (Å²) in [6.45, 7) is 1.97. The van der Waals surface area contributed by atoms with Gasteiger partial charge >= 0.3 is 5.97 Å². The number of hydrogen-bond acceptors (Lipinski definition) is 2. The van der Waals surface area contributed by atoms with E-state index in [1.807, 2.05) is 31.2 Å². The molecule has 1 fully saturated rings. The van der Waals surface area contributed by atoms with E-state index in [1.165, 1.54) is 0 Å². The van der Waals surface area contributed by atoms with E-state index >= 15 is 0 Å². The Balaban J connectivity index is 2.18. The Bertz CT molecular complexity index is 512. The van der Waals surface area contributed by atoms with Crippen LogP contribution in [0, 0.1) is 18.8 Å². The van der Waals surface area contributed by atoms with Gasteiger partial charge < -0.3 is 10.0 Å². The lowest BCUT2D eigenvalue weighted by Gasteiger charge is -2.31. The van der Waals surface area contributed by atoms with E-state index < -0.39 is 17.8 Å². The van der Waals surface area contributed by atoms with Crippen LogP contribution in [0.25, 0.3) is 0 Å².